The standard InChI is InChI=1S/C25H36F2N2O6S/c1-11(2)17(23-20(31)19(30)21(32)25(35-23)36-3)29-24(33)18-22-13(10-28-18)8-12(6-7-34-22)15-5-4-14(26)9-16(15)27/h4-5,9,11-13,17-23,25,28,30-32H,6-8,10H2,1-3H3,(H,29,33)/t12-,13-,17+,18-,19?,20?,21+,22+,23+,25?/m0/s1. The molecule has 3 aliphatic rings. The summed E-state index contributed by atoms with van der Waals surface area (Å²) < 4.78 is 39.8. The first-order chi connectivity index (χ1) is 17.1. The van der Waals surface area contributed by atoms with Crippen molar-refractivity contribution in [3.05, 3.63) is 35.4 Å². The van der Waals surface area contributed by atoms with E-state index in [2.05, 4.69) is 10.6 Å². The average molecular weight is 531 g/mol. The Morgan fingerprint density at radius 1 is 1.19 bits per heavy atom. The Bertz CT molecular complexity index is 925. The maximum Gasteiger partial charge on any atom is 0.240 e. The number of amides is 1. The van der Waals surface area contributed by atoms with E-state index in [1.54, 1.807) is 6.26 Å². The highest BCUT2D eigenvalue weighted by Crippen LogP contribution is 2.37. The van der Waals surface area contributed by atoms with Crippen LogP contribution in [0.15, 0.2) is 18.2 Å². The summed E-state index contributed by atoms with van der Waals surface area (Å²) in [7, 11) is 0. The molecule has 0 aromatic heterocycles. The lowest BCUT2D eigenvalue weighted by Crippen LogP contribution is -2.65. The maximum atomic E-state index is 14.4. The quantitative estimate of drug-likeness (QED) is 0.371. The van der Waals surface area contributed by atoms with Crippen molar-refractivity contribution in [2.45, 2.75) is 80.6 Å². The zero-order valence-electron chi connectivity index (χ0n) is 20.6. The van der Waals surface area contributed by atoms with Crippen molar-refractivity contribution in [2.24, 2.45) is 11.8 Å². The first-order valence-electron chi connectivity index (χ1n) is 12.4. The molecule has 1 aromatic carbocycles. The Balaban J connectivity index is 1.45. The van der Waals surface area contributed by atoms with Gasteiger partial charge in [0, 0.05) is 25.1 Å². The lowest BCUT2D eigenvalue weighted by molar-refractivity contribution is -0.208. The molecule has 8 nitrogen and oxygen atoms in total. The van der Waals surface area contributed by atoms with Crippen LogP contribution in [0.25, 0.3) is 0 Å². The Kier molecular flexibility index (Phi) is 8.91. The van der Waals surface area contributed by atoms with Gasteiger partial charge in [0.2, 0.25) is 5.91 Å². The first-order valence-corrected chi connectivity index (χ1v) is 13.7. The molecule has 3 heterocycles. The van der Waals surface area contributed by atoms with Gasteiger partial charge in [-0.2, -0.15) is 0 Å². The van der Waals surface area contributed by atoms with E-state index in [1.165, 1.54) is 23.9 Å². The highest BCUT2D eigenvalue weighted by Gasteiger charge is 2.49. The highest BCUT2D eigenvalue weighted by atomic mass is 32.2. The van der Waals surface area contributed by atoms with E-state index < -0.39 is 59.7 Å². The minimum Gasteiger partial charge on any atom is -0.388 e. The summed E-state index contributed by atoms with van der Waals surface area (Å²) in [5.74, 6) is -1.82. The fourth-order valence-corrected chi connectivity index (χ4v) is 6.35. The third-order valence-corrected chi connectivity index (χ3v) is 8.52. The van der Waals surface area contributed by atoms with Gasteiger partial charge in [0.05, 0.1) is 12.1 Å². The summed E-state index contributed by atoms with van der Waals surface area (Å²) in [4.78, 5) is 13.4. The van der Waals surface area contributed by atoms with Crippen LogP contribution in [0.5, 0.6) is 0 Å². The van der Waals surface area contributed by atoms with Gasteiger partial charge in [-0.3, -0.25) is 4.79 Å². The van der Waals surface area contributed by atoms with Crippen LogP contribution < -0.4 is 10.6 Å². The molecule has 0 aliphatic carbocycles. The van der Waals surface area contributed by atoms with Crippen LogP contribution in [0.3, 0.4) is 0 Å². The second-order valence-electron chi connectivity index (χ2n) is 10.3. The summed E-state index contributed by atoms with van der Waals surface area (Å²) in [5.41, 5.74) is -0.282. The molecule has 4 rings (SSSR count). The number of fused-ring (bicyclic) bond motifs is 1. The molecule has 1 aromatic rings. The van der Waals surface area contributed by atoms with Gasteiger partial charge in [0.25, 0.3) is 0 Å². The molecule has 0 radical (unpaired) electrons. The Morgan fingerprint density at radius 2 is 1.94 bits per heavy atom. The molecular formula is C25H36F2N2O6S. The van der Waals surface area contributed by atoms with Crippen molar-refractivity contribution < 1.29 is 38.4 Å². The highest BCUT2D eigenvalue weighted by molar-refractivity contribution is 7.99. The van der Waals surface area contributed by atoms with Crippen LogP contribution >= 0.6 is 11.8 Å². The Labute approximate surface area is 214 Å². The van der Waals surface area contributed by atoms with Crippen molar-refractivity contribution in [2.75, 3.05) is 19.4 Å². The number of carbonyl (C=O) groups excluding carboxylic acids is 1. The number of aliphatic hydroxyl groups excluding tert-OH is 3. The molecular weight excluding hydrogens is 494 g/mol. The van der Waals surface area contributed by atoms with Gasteiger partial charge in [0.15, 0.2) is 0 Å². The van der Waals surface area contributed by atoms with Gasteiger partial charge < -0.3 is 35.4 Å². The zero-order valence-corrected chi connectivity index (χ0v) is 21.5. The summed E-state index contributed by atoms with van der Waals surface area (Å²) in [6.07, 6.45) is -2.46. The molecule has 36 heavy (non-hydrogen) atoms. The van der Waals surface area contributed by atoms with Crippen LogP contribution in [0.4, 0.5) is 8.78 Å². The van der Waals surface area contributed by atoms with E-state index in [0.29, 0.717) is 31.6 Å². The molecule has 202 valence electrons. The Hall–Kier alpha value is -1.34. The fourth-order valence-electron chi connectivity index (χ4n) is 5.67. The molecule has 3 unspecified atom stereocenters. The number of hydrogen-bond donors (Lipinski definition) is 5. The topological polar surface area (TPSA) is 120 Å². The van der Waals surface area contributed by atoms with E-state index in [1.807, 2.05) is 13.8 Å². The molecule has 0 saturated carbocycles. The van der Waals surface area contributed by atoms with Crippen LogP contribution in [0, 0.1) is 23.5 Å². The summed E-state index contributed by atoms with van der Waals surface area (Å²) in [6, 6.07) is 2.36. The van der Waals surface area contributed by atoms with E-state index >= 15 is 0 Å². The van der Waals surface area contributed by atoms with E-state index in [9.17, 15) is 28.9 Å². The fraction of sp³-hybridized carbons (Fsp3) is 0.720. The zero-order chi connectivity index (χ0) is 26.1. The normalized spacial score (nSPS) is 37.9. The van der Waals surface area contributed by atoms with Crippen molar-refractivity contribution in [3.8, 4) is 0 Å². The second kappa shape index (κ2) is 11.6. The van der Waals surface area contributed by atoms with Gasteiger partial charge in [-0.15, -0.1) is 11.8 Å². The molecule has 1 amide bonds. The van der Waals surface area contributed by atoms with Gasteiger partial charge in [-0.1, -0.05) is 19.9 Å². The largest absolute Gasteiger partial charge is 0.388 e. The minimum absolute atomic E-state index is 0.0374. The van der Waals surface area contributed by atoms with Crippen LogP contribution in [-0.2, 0) is 14.3 Å². The molecule has 10 atom stereocenters. The van der Waals surface area contributed by atoms with Crippen LogP contribution in [-0.4, -0.2) is 88.7 Å². The number of halogens is 2. The number of thioether (sulfide) groups is 1. The van der Waals surface area contributed by atoms with Crippen molar-refractivity contribution in [3.63, 3.8) is 0 Å². The number of nitrogens with one attached hydrogen (secondary N) is 2. The molecule has 3 aliphatic heterocycles. The lowest BCUT2D eigenvalue weighted by atomic mass is 9.85. The van der Waals surface area contributed by atoms with Crippen molar-refractivity contribution in [1.82, 2.24) is 10.6 Å². The molecule has 0 spiro atoms. The number of aliphatic hydroxyl groups is 3. The number of rotatable bonds is 6. The Morgan fingerprint density at radius 3 is 2.61 bits per heavy atom. The number of ether oxygens (including phenoxy) is 2. The summed E-state index contributed by atoms with van der Waals surface area (Å²) >= 11 is 1.22. The van der Waals surface area contributed by atoms with Gasteiger partial charge >= 0.3 is 0 Å². The molecule has 0 bridgehead atoms. The molecule has 3 fully saturated rings. The number of benzene rings is 1. The first kappa shape index (κ1) is 27.7. The third kappa shape index (κ3) is 5.57. The number of carbonyl (C=O) groups is 1. The van der Waals surface area contributed by atoms with E-state index in [-0.39, 0.29) is 23.7 Å². The van der Waals surface area contributed by atoms with Gasteiger partial charge in [-0.25, -0.2) is 8.78 Å². The molecule has 11 heteroatoms. The van der Waals surface area contributed by atoms with Gasteiger partial charge in [-0.05, 0) is 42.6 Å². The van der Waals surface area contributed by atoms with Gasteiger partial charge in [0.1, 0.15) is 47.5 Å². The maximum absolute atomic E-state index is 14.4. The van der Waals surface area contributed by atoms with Crippen molar-refractivity contribution >= 4 is 17.7 Å². The van der Waals surface area contributed by atoms with E-state index in [0.717, 1.165) is 6.07 Å². The monoisotopic (exact) mass is 530 g/mol. The smallest absolute Gasteiger partial charge is 0.240 e. The van der Waals surface area contributed by atoms with E-state index in [4.69, 9.17) is 9.47 Å². The third-order valence-electron chi connectivity index (χ3n) is 7.66. The predicted octanol–water partition coefficient (Wildman–Crippen LogP) is 1.13. The minimum atomic E-state index is -1.40. The van der Waals surface area contributed by atoms with Crippen LogP contribution in [0.1, 0.15) is 38.2 Å². The molecule has 3 saturated heterocycles. The number of hydrogen-bond acceptors (Lipinski definition) is 8. The molecule has 5 N–H and O–H groups in total. The van der Waals surface area contributed by atoms with Crippen molar-refractivity contribution in [1.29, 1.82) is 0 Å². The lowest BCUT2D eigenvalue weighted by Gasteiger charge is -2.44. The predicted molar refractivity (Wildman–Crippen MR) is 130 cm³/mol. The second-order valence-corrected chi connectivity index (χ2v) is 11.3. The summed E-state index contributed by atoms with van der Waals surface area (Å²) in [6.45, 7) is 4.60. The average Bonchev–Trinajstić information content (AvgIpc) is 3.11. The van der Waals surface area contributed by atoms with Crippen LogP contribution in [0.2, 0.25) is 0 Å². The SMILES string of the molecule is CSC1O[C@H]([C@H](NC(=O)[C@H]2NC[C@@H]3C[C@@H](c4ccc(F)cc4F)CCO[C@H]32)C(C)C)C(O)C(O)[C@H]1O. The summed E-state index contributed by atoms with van der Waals surface area (Å²) in [5, 5.41) is 37.4.